The SMILES string of the molecule is Cc1noc(CNS(=O)(=O)c2cccc(C(N)=S)c2)n1. The average molecular weight is 312 g/mol. The van der Waals surface area contributed by atoms with Crippen LogP contribution in [0.25, 0.3) is 0 Å². The van der Waals surface area contributed by atoms with Crippen LogP contribution in [-0.4, -0.2) is 23.5 Å². The van der Waals surface area contributed by atoms with Crippen molar-refractivity contribution < 1.29 is 12.9 Å². The van der Waals surface area contributed by atoms with Crippen molar-refractivity contribution in [1.82, 2.24) is 14.9 Å². The third-order valence-electron chi connectivity index (χ3n) is 2.41. The molecule has 0 fully saturated rings. The summed E-state index contributed by atoms with van der Waals surface area (Å²) in [6.07, 6.45) is 0. The van der Waals surface area contributed by atoms with Crippen LogP contribution in [0, 0.1) is 6.92 Å². The van der Waals surface area contributed by atoms with Crippen LogP contribution in [0.5, 0.6) is 0 Å². The molecule has 0 aliphatic carbocycles. The van der Waals surface area contributed by atoms with Gasteiger partial charge in [0.05, 0.1) is 11.4 Å². The summed E-state index contributed by atoms with van der Waals surface area (Å²) in [5, 5.41) is 3.57. The molecule has 3 N–H and O–H groups in total. The number of nitrogens with zero attached hydrogens (tertiary/aromatic N) is 2. The summed E-state index contributed by atoms with van der Waals surface area (Å²) in [5.74, 6) is 0.631. The fraction of sp³-hybridized carbons (Fsp3) is 0.182. The van der Waals surface area contributed by atoms with Crippen molar-refractivity contribution in [3.63, 3.8) is 0 Å². The van der Waals surface area contributed by atoms with Crippen LogP contribution >= 0.6 is 12.2 Å². The van der Waals surface area contributed by atoms with E-state index in [1.54, 1.807) is 19.1 Å². The van der Waals surface area contributed by atoms with E-state index in [1.807, 2.05) is 0 Å². The normalized spacial score (nSPS) is 11.4. The maximum absolute atomic E-state index is 12.1. The molecule has 2 aromatic rings. The second-order valence-corrected chi connectivity index (χ2v) is 6.16. The molecule has 0 saturated carbocycles. The van der Waals surface area contributed by atoms with Crippen LogP contribution in [0.2, 0.25) is 0 Å². The molecule has 1 heterocycles. The third kappa shape index (κ3) is 3.38. The Kier molecular flexibility index (Phi) is 4.12. The Morgan fingerprint density at radius 3 is 2.85 bits per heavy atom. The molecule has 0 amide bonds. The smallest absolute Gasteiger partial charge is 0.241 e. The van der Waals surface area contributed by atoms with Crippen LogP contribution in [0.15, 0.2) is 33.7 Å². The molecule has 0 spiro atoms. The summed E-state index contributed by atoms with van der Waals surface area (Å²) in [5.41, 5.74) is 5.96. The van der Waals surface area contributed by atoms with Gasteiger partial charge in [-0.3, -0.25) is 0 Å². The van der Waals surface area contributed by atoms with Crippen LogP contribution < -0.4 is 10.5 Å². The largest absolute Gasteiger partial charge is 0.389 e. The minimum absolute atomic E-state index is 0.0686. The highest BCUT2D eigenvalue weighted by atomic mass is 32.2. The predicted octanol–water partition coefficient (Wildman–Crippen LogP) is 0.491. The van der Waals surface area contributed by atoms with E-state index in [-0.39, 0.29) is 22.3 Å². The first-order valence-corrected chi connectivity index (χ1v) is 7.46. The van der Waals surface area contributed by atoms with Gasteiger partial charge >= 0.3 is 0 Å². The highest BCUT2D eigenvalue weighted by Gasteiger charge is 2.16. The molecule has 1 aromatic carbocycles. The Bertz CT molecular complexity index is 740. The van der Waals surface area contributed by atoms with Crippen molar-refractivity contribution in [2.24, 2.45) is 5.73 Å². The van der Waals surface area contributed by atoms with E-state index in [1.165, 1.54) is 12.1 Å². The molecule has 9 heteroatoms. The van der Waals surface area contributed by atoms with E-state index >= 15 is 0 Å². The van der Waals surface area contributed by atoms with E-state index in [2.05, 4.69) is 14.9 Å². The summed E-state index contributed by atoms with van der Waals surface area (Å²) in [4.78, 5) is 4.11. The van der Waals surface area contributed by atoms with Crippen molar-refractivity contribution in [1.29, 1.82) is 0 Å². The molecule has 7 nitrogen and oxygen atoms in total. The number of benzene rings is 1. The lowest BCUT2D eigenvalue weighted by Gasteiger charge is -2.06. The molecule has 2 rings (SSSR count). The zero-order valence-electron chi connectivity index (χ0n) is 10.5. The molecule has 0 radical (unpaired) electrons. The van der Waals surface area contributed by atoms with E-state index < -0.39 is 10.0 Å². The monoisotopic (exact) mass is 312 g/mol. The van der Waals surface area contributed by atoms with Gasteiger partial charge in [0, 0.05) is 5.56 Å². The van der Waals surface area contributed by atoms with Gasteiger partial charge in [-0.1, -0.05) is 29.5 Å². The number of rotatable bonds is 5. The molecular weight excluding hydrogens is 300 g/mol. The van der Waals surface area contributed by atoms with Crippen molar-refractivity contribution in [2.75, 3.05) is 0 Å². The van der Waals surface area contributed by atoms with Crippen molar-refractivity contribution in [3.05, 3.63) is 41.5 Å². The molecule has 0 unspecified atom stereocenters. The Morgan fingerprint density at radius 2 is 2.25 bits per heavy atom. The first-order chi connectivity index (χ1) is 9.38. The van der Waals surface area contributed by atoms with Gasteiger partial charge in [-0.2, -0.15) is 4.98 Å². The topological polar surface area (TPSA) is 111 Å². The van der Waals surface area contributed by atoms with Gasteiger partial charge in [-0.15, -0.1) is 0 Å². The maximum atomic E-state index is 12.1. The minimum Gasteiger partial charge on any atom is -0.389 e. The summed E-state index contributed by atoms with van der Waals surface area (Å²) >= 11 is 4.82. The van der Waals surface area contributed by atoms with Gasteiger partial charge in [0.2, 0.25) is 15.9 Å². The van der Waals surface area contributed by atoms with Crippen LogP contribution in [0.1, 0.15) is 17.3 Å². The molecule has 0 aliphatic rings. The number of aryl methyl sites for hydroxylation is 1. The van der Waals surface area contributed by atoms with Crippen LogP contribution in [0.4, 0.5) is 0 Å². The Hall–Kier alpha value is -1.84. The van der Waals surface area contributed by atoms with Crippen LogP contribution in [-0.2, 0) is 16.6 Å². The Morgan fingerprint density at radius 1 is 1.50 bits per heavy atom. The predicted molar refractivity (Wildman–Crippen MR) is 75.4 cm³/mol. The van der Waals surface area contributed by atoms with Gasteiger partial charge in [0.1, 0.15) is 4.99 Å². The van der Waals surface area contributed by atoms with Crippen LogP contribution in [0.3, 0.4) is 0 Å². The van der Waals surface area contributed by atoms with Gasteiger partial charge in [-0.25, -0.2) is 13.1 Å². The summed E-state index contributed by atoms with van der Waals surface area (Å²) < 4.78 is 31.4. The second kappa shape index (κ2) is 5.65. The lowest BCUT2D eigenvalue weighted by Crippen LogP contribution is -2.24. The number of hydrogen-bond acceptors (Lipinski definition) is 6. The third-order valence-corrected chi connectivity index (χ3v) is 4.05. The molecule has 106 valence electrons. The molecule has 0 atom stereocenters. The molecule has 20 heavy (non-hydrogen) atoms. The number of nitrogens with one attached hydrogen (secondary N) is 1. The molecular formula is C11H12N4O3S2. The Labute approximate surface area is 121 Å². The fourth-order valence-electron chi connectivity index (χ4n) is 1.47. The van der Waals surface area contributed by atoms with Crippen molar-refractivity contribution in [2.45, 2.75) is 18.4 Å². The van der Waals surface area contributed by atoms with Gasteiger partial charge in [0.15, 0.2) is 5.82 Å². The first kappa shape index (κ1) is 14.6. The number of thiocarbonyl (C=S) groups is 1. The fourth-order valence-corrected chi connectivity index (χ4v) is 2.62. The maximum Gasteiger partial charge on any atom is 0.241 e. The summed E-state index contributed by atoms with van der Waals surface area (Å²) in [6, 6.07) is 6.07. The zero-order valence-corrected chi connectivity index (χ0v) is 12.2. The van der Waals surface area contributed by atoms with Gasteiger partial charge < -0.3 is 10.3 Å². The molecule has 1 aromatic heterocycles. The summed E-state index contributed by atoms with van der Waals surface area (Å²) in [7, 11) is -3.70. The highest BCUT2D eigenvalue weighted by Crippen LogP contribution is 2.12. The molecule has 0 saturated heterocycles. The number of nitrogens with two attached hydrogens (primary N) is 1. The lowest BCUT2D eigenvalue weighted by atomic mass is 10.2. The van der Waals surface area contributed by atoms with E-state index in [0.29, 0.717) is 11.4 Å². The lowest BCUT2D eigenvalue weighted by molar-refractivity contribution is 0.372. The molecule has 0 aliphatic heterocycles. The van der Waals surface area contributed by atoms with E-state index in [9.17, 15) is 8.42 Å². The quantitative estimate of drug-likeness (QED) is 0.773. The van der Waals surface area contributed by atoms with Crippen molar-refractivity contribution in [3.8, 4) is 0 Å². The average Bonchev–Trinajstić information content (AvgIpc) is 2.82. The molecule has 0 bridgehead atoms. The standard InChI is InChI=1S/C11H12N4O3S2/c1-7-14-10(18-15-7)6-13-20(16,17)9-4-2-3-8(5-9)11(12)19/h2-5,13H,6H2,1H3,(H2,12,19). The van der Waals surface area contributed by atoms with E-state index in [4.69, 9.17) is 22.5 Å². The number of sulfonamides is 1. The highest BCUT2D eigenvalue weighted by molar-refractivity contribution is 7.89. The van der Waals surface area contributed by atoms with Gasteiger partial charge in [-0.05, 0) is 19.1 Å². The van der Waals surface area contributed by atoms with Gasteiger partial charge in [0.25, 0.3) is 0 Å². The Balaban J connectivity index is 2.17. The second-order valence-electron chi connectivity index (χ2n) is 3.95. The zero-order chi connectivity index (χ0) is 14.8. The number of hydrogen-bond donors (Lipinski definition) is 2. The number of aromatic nitrogens is 2. The van der Waals surface area contributed by atoms with Crippen molar-refractivity contribution >= 4 is 27.2 Å². The van der Waals surface area contributed by atoms with E-state index in [0.717, 1.165) is 0 Å². The summed E-state index contributed by atoms with van der Waals surface area (Å²) in [6.45, 7) is 1.56. The first-order valence-electron chi connectivity index (χ1n) is 5.57. The minimum atomic E-state index is -3.70.